The van der Waals surface area contributed by atoms with Crippen molar-refractivity contribution < 1.29 is 8.42 Å². The number of hydrogen-bond acceptors (Lipinski definition) is 7. The molecule has 2 aliphatic rings. The highest BCUT2D eigenvalue weighted by molar-refractivity contribution is 7.88. The van der Waals surface area contributed by atoms with Crippen molar-refractivity contribution in [2.75, 3.05) is 26.4 Å². The molecule has 3 aromatic heterocycles. The molecule has 1 saturated carbocycles. The zero-order chi connectivity index (χ0) is 30.1. The van der Waals surface area contributed by atoms with Gasteiger partial charge in [-0.2, -0.15) is 10.2 Å². The molecule has 11 heteroatoms. The van der Waals surface area contributed by atoms with Gasteiger partial charge in [0.25, 0.3) is 0 Å². The smallest absolute Gasteiger partial charge is 0.211 e. The van der Waals surface area contributed by atoms with E-state index in [-0.39, 0.29) is 6.04 Å². The second kappa shape index (κ2) is 12.2. The van der Waals surface area contributed by atoms with Gasteiger partial charge < -0.3 is 10.2 Å². The fourth-order valence-electron chi connectivity index (χ4n) is 6.63. The summed E-state index contributed by atoms with van der Waals surface area (Å²) in [5.74, 6) is 0.404. The van der Waals surface area contributed by atoms with Gasteiger partial charge >= 0.3 is 0 Å². The van der Waals surface area contributed by atoms with Gasteiger partial charge in [0.1, 0.15) is 0 Å². The summed E-state index contributed by atoms with van der Waals surface area (Å²) < 4.78 is 29.4. The van der Waals surface area contributed by atoms with Crippen molar-refractivity contribution >= 4 is 21.4 Å². The fourth-order valence-corrected chi connectivity index (χ4v) is 7.38. The second-order valence-corrected chi connectivity index (χ2v) is 14.2. The standard InChI is InChI=1S/C32H42N8O2S/c1-23-6-8-28(9-7-23)40-29(21-34-24(2)30-22-35-39-17-5-16-33-32(30)39)20-31(36-40)25-14-18-38(19-15-25)27-12-10-26(11-13-27)37(3)43(4,41)42/h5-9,16-17,20,22,25-27,34H,2,10-15,18-19,21H2,1,3-4H3. The Morgan fingerprint density at radius 1 is 1.09 bits per heavy atom. The zero-order valence-corrected chi connectivity index (χ0v) is 26.2. The first kappa shape index (κ1) is 29.5. The van der Waals surface area contributed by atoms with Gasteiger partial charge in [0.15, 0.2) is 5.65 Å². The van der Waals surface area contributed by atoms with Crippen LogP contribution in [0.15, 0.2) is 61.6 Å². The fraction of sp³-hybridized carbons (Fsp3) is 0.469. The Morgan fingerprint density at radius 3 is 2.51 bits per heavy atom. The van der Waals surface area contributed by atoms with Crippen LogP contribution in [-0.4, -0.2) is 80.5 Å². The molecular formula is C32H42N8O2S. The highest BCUT2D eigenvalue weighted by atomic mass is 32.2. The van der Waals surface area contributed by atoms with Crippen molar-refractivity contribution in [1.82, 2.24) is 38.9 Å². The number of hydrogen-bond donors (Lipinski definition) is 1. The van der Waals surface area contributed by atoms with Crippen molar-refractivity contribution in [3.8, 4) is 5.69 Å². The van der Waals surface area contributed by atoms with E-state index in [0.717, 1.165) is 85.6 Å². The molecule has 1 aromatic carbocycles. The van der Waals surface area contributed by atoms with Gasteiger partial charge in [0.2, 0.25) is 10.0 Å². The Kier molecular flexibility index (Phi) is 8.39. The third kappa shape index (κ3) is 6.39. The van der Waals surface area contributed by atoms with Crippen molar-refractivity contribution in [2.45, 2.75) is 70.0 Å². The third-order valence-electron chi connectivity index (χ3n) is 9.34. The van der Waals surface area contributed by atoms with E-state index in [9.17, 15) is 8.42 Å². The number of rotatable bonds is 9. The van der Waals surface area contributed by atoms with Crippen LogP contribution >= 0.6 is 0 Å². The number of aromatic nitrogens is 5. The lowest BCUT2D eigenvalue weighted by atomic mass is 9.87. The molecule has 6 rings (SSSR count). The first-order valence-electron chi connectivity index (χ1n) is 15.2. The Labute approximate surface area is 254 Å². The van der Waals surface area contributed by atoms with Crippen LogP contribution in [-0.2, 0) is 16.6 Å². The van der Waals surface area contributed by atoms with E-state index in [1.807, 2.05) is 12.3 Å². The summed E-state index contributed by atoms with van der Waals surface area (Å²) in [6.07, 6.45) is 12.9. The molecule has 0 unspecified atom stereocenters. The quantitative estimate of drug-likeness (QED) is 0.304. The predicted molar refractivity (Wildman–Crippen MR) is 169 cm³/mol. The maximum atomic E-state index is 12.0. The van der Waals surface area contributed by atoms with Crippen LogP contribution in [0.2, 0.25) is 0 Å². The number of nitrogens with one attached hydrogen (secondary N) is 1. The van der Waals surface area contributed by atoms with Crippen LogP contribution in [0.3, 0.4) is 0 Å². The summed E-state index contributed by atoms with van der Waals surface area (Å²) in [7, 11) is -1.42. The lowest BCUT2D eigenvalue weighted by molar-refractivity contribution is 0.104. The number of likely N-dealkylation sites (tertiary alicyclic amines) is 1. The summed E-state index contributed by atoms with van der Waals surface area (Å²) in [5.41, 5.74) is 6.91. The number of piperidine rings is 1. The first-order chi connectivity index (χ1) is 20.7. The molecule has 228 valence electrons. The highest BCUT2D eigenvalue weighted by Crippen LogP contribution is 2.33. The lowest BCUT2D eigenvalue weighted by Gasteiger charge is -2.41. The molecule has 0 bridgehead atoms. The number of aryl methyl sites for hydroxylation is 1. The molecule has 0 amide bonds. The summed E-state index contributed by atoms with van der Waals surface area (Å²) in [6.45, 7) is 9.05. The minimum absolute atomic E-state index is 0.127. The van der Waals surface area contributed by atoms with Crippen molar-refractivity contribution in [3.63, 3.8) is 0 Å². The Morgan fingerprint density at radius 2 is 1.81 bits per heavy atom. The summed E-state index contributed by atoms with van der Waals surface area (Å²) in [5, 5.41) is 13.1. The second-order valence-electron chi connectivity index (χ2n) is 12.1. The van der Waals surface area contributed by atoms with Crippen molar-refractivity contribution in [2.24, 2.45) is 0 Å². The molecule has 1 saturated heterocycles. The number of fused-ring (bicyclic) bond motifs is 1. The molecule has 0 radical (unpaired) electrons. The van der Waals surface area contributed by atoms with E-state index < -0.39 is 10.0 Å². The monoisotopic (exact) mass is 602 g/mol. The molecule has 10 nitrogen and oxygen atoms in total. The Bertz CT molecular complexity index is 1680. The zero-order valence-electron chi connectivity index (χ0n) is 25.4. The van der Waals surface area contributed by atoms with Crippen LogP contribution in [0, 0.1) is 6.92 Å². The molecular weight excluding hydrogens is 560 g/mol. The summed E-state index contributed by atoms with van der Waals surface area (Å²) >= 11 is 0. The van der Waals surface area contributed by atoms with Gasteiger partial charge in [0, 0.05) is 43.1 Å². The van der Waals surface area contributed by atoms with Gasteiger partial charge in [0.05, 0.1) is 41.6 Å². The number of nitrogens with zero attached hydrogens (tertiary/aromatic N) is 7. The van der Waals surface area contributed by atoms with Crippen LogP contribution in [0.25, 0.3) is 17.0 Å². The van der Waals surface area contributed by atoms with Gasteiger partial charge in [-0.15, -0.1) is 0 Å². The number of benzene rings is 1. The van der Waals surface area contributed by atoms with Gasteiger partial charge in [-0.05, 0) is 82.8 Å². The molecule has 4 heterocycles. The van der Waals surface area contributed by atoms with E-state index >= 15 is 0 Å². The molecule has 4 aromatic rings. The minimum atomic E-state index is -3.14. The van der Waals surface area contributed by atoms with Crippen LogP contribution in [0.4, 0.5) is 0 Å². The molecule has 0 atom stereocenters. The first-order valence-corrected chi connectivity index (χ1v) is 17.1. The topological polar surface area (TPSA) is 101 Å². The van der Waals surface area contributed by atoms with Crippen molar-refractivity contribution in [1.29, 1.82) is 0 Å². The predicted octanol–water partition coefficient (Wildman–Crippen LogP) is 4.37. The third-order valence-corrected chi connectivity index (χ3v) is 10.7. The Hall–Kier alpha value is -3.54. The van der Waals surface area contributed by atoms with Crippen LogP contribution in [0.1, 0.15) is 67.0 Å². The lowest BCUT2D eigenvalue weighted by Crippen LogP contribution is -2.46. The molecule has 1 aliphatic heterocycles. The largest absolute Gasteiger partial charge is 0.379 e. The maximum absolute atomic E-state index is 12.0. The van der Waals surface area contributed by atoms with Crippen molar-refractivity contribution in [3.05, 3.63) is 84.1 Å². The molecule has 2 fully saturated rings. The summed E-state index contributed by atoms with van der Waals surface area (Å²) in [4.78, 5) is 7.09. The van der Waals surface area contributed by atoms with E-state index in [2.05, 4.69) is 68.8 Å². The normalized spacial score (nSPS) is 20.6. The van der Waals surface area contributed by atoms with Gasteiger partial charge in [-0.25, -0.2) is 26.9 Å². The number of sulfonamides is 1. The molecule has 1 N–H and O–H groups in total. The van der Waals surface area contributed by atoms with E-state index in [1.165, 1.54) is 11.8 Å². The van der Waals surface area contributed by atoms with Crippen LogP contribution in [0.5, 0.6) is 0 Å². The average Bonchev–Trinajstić information content (AvgIpc) is 3.65. The van der Waals surface area contributed by atoms with E-state index in [4.69, 9.17) is 5.10 Å². The SMILES string of the molecule is C=C(NCc1cc(C2CCN(C3CCC(N(C)S(C)(=O)=O)CC3)CC2)nn1-c1ccc(C)cc1)c1cnn2cccnc12. The van der Waals surface area contributed by atoms with Gasteiger partial charge in [-0.1, -0.05) is 24.3 Å². The highest BCUT2D eigenvalue weighted by Gasteiger charge is 2.33. The molecule has 43 heavy (non-hydrogen) atoms. The van der Waals surface area contributed by atoms with E-state index in [1.54, 1.807) is 28.3 Å². The minimum Gasteiger partial charge on any atom is -0.379 e. The van der Waals surface area contributed by atoms with Gasteiger partial charge in [-0.3, -0.25) is 0 Å². The summed E-state index contributed by atoms with van der Waals surface area (Å²) in [6, 6.07) is 13.3. The van der Waals surface area contributed by atoms with Crippen LogP contribution < -0.4 is 5.32 Å². The van der Waals surface area contributed by atoms with E-state index in [0.29, 0.717) is 18.5 Å². The molecule has 1 aliphatic carbocycles. The Balaban J connectivity index is 1.13. The maximum Gasteiger partial charge on any atom is 0.211 e. The molecule has 0 spiro atoms. The average molecular weight is 603 g/mol.